The van der Waals surface area contributed by atoms with Crippen LogP contribution >= 0.6 is 0 Å². The maximum absolute atomic E-state index is 14.0. The molecule has 37 heavy (non-hydrogen) atoms. The Kier molecular flexibility index (Phi) is 7.31. The van der Waals surface area contributed by atoms with Gasteiger partial charge in [0.1, 0.15) is 11.8 Å². The fourth-order valence-corrected chi connectivity index (χ4v) is 5.72. The second-order valence-corrected chi connectivity index (χ2v) is 10.4. The lowest BCUT2D eigenvalue weighted by Crippen LogP contribution is -2.61. The van der Waals surface area contributed by atoms with Gasteiger partial charge in [-0.2, -0.15) is 0 Å². The van der Waals surface area contributed by atoms with Crippen molar-refractivity contribution in [2.45, 2.75) is 38.0 Å². The molecule has 2 aromatic carbocycles. The van der Waals surface area contributed by atoms with Crippen molar-refractivity contribution in [3.63, 3.8) is 0 Å². The molecule has 2 aromatic rings. The third kappa shape index (κ3) is 5.13. The van der Waals surface area contributed by atoms with E-state index >= 15 is 0 Å². The van der Waals surface area contributed by atoms with Crippen molar-refractivity contribution in [3.8, 4) is 0 Å². The zero-order chi connectivity index (χ0) is 26.0. The first-order chi connectivity index (χ1) is 17.9. The molecule has 196 valence electrons. The van der Waals surface area contributed by atoms with E-state index in [1.54, 1.807) is 4.90 Å². The van der Waals surface area contributed by atoms with Crippen LogP contribution in [0.25, 0.3) is 0 Å². The molecular formula is C29H36N4O4. The van der Waals surface area contributed by atoms with Gasteiger partial charge < -0.3 is 19.4 Å². The molecule has 0 aromatic heterocycles. The Morgan fingerprint density at radius 3 is 2.19 bits per heavy atom. The number of nitrogens with zero attached hydrogens (tertiary/aromatic N) is 4. The van der Waals surface area contributed by atoms with Crippen molar-refractivity contribution in [2.75, 3.05) is 52.9 Å². The smallest absolute Gasteiger partial charge is 0.257 e. The third-order valence-electron chi connectivity index (χ3n) is 8.05. The number of hydrogen-bond acceptors (Lipinski definition) is 5. The summed E-state index contributed by atoms with van der Waals surface area (Å²) in [4.78, 5) is 48.4. The molecule has 8 nitrogen and oxygen atoms in total. The quantitative estimate of drug-likeness (QED) is 0.638. The van der Waals surface area contributed by atoms with Gasteiger partial charge in [0.15, 0.2) is 0 Å². The van der Waals surface area contributed by atoms with Gasteiger partial charge in [0.25, 0.3) is 5.91 Å². The van der Waals surface area contributed by atoms with E-state index in [0.29, 0.717) is 51.0 Å². The van der Waals surface area contributed by atoms with Crippen LogP contribution < -0.4 is 0 Å². The first-order valence-electron chi connectivity index (χ1n) is 13.2. The number of carbonyl (C=O) groups excluding carboxylic acids is 3. The molecule has 0 radical (unpaired) electrons. The fraction of sp³-hybridized carbons (Fsp3) is 0.483. The lowest BCUT2D eigenvalue weighted by Gasteiger charge is -2.45. The van der Waals surface area contributed by atoms with Crippen LogP contribution in [0.5, 0.6) is 0 Å². The lowest BCUT2D eigenvalue weighted by molar-refractivity contribution is -0.145. The molecular weight excluding hydrogens is 468 g/mol. The summed E-state index contributed by atoms with van der Waals surface area (Å²) in [6.45, 7) is 5.99. The van der Waals surface area contributed by atoms with E-state index in [1.165, 1.54) is 0 Å². The van der Waals surface area contributed by atoms with Crippen molar-refractivity contribution in [3.05, 3.63) is 71.3 Å². The number of piperidine rings is 1. The van der Waals surface area contributed by atoms with Gasteiger partial charge in [0, 0.05) is 57.7 Å². The Bertz CT molecular complexity index is 1140. The van der Waals surface area contributed by atoms with E-state index in [2.05, 4.69) is 11.9 Å². The van der Waals surface area contributed by atoms with E-state index in [9.17, 15) is 14.4 Å². The van der Waals surface area contributed by atoms with E-state index < -0.39 is 11.8 Å². The van der Waals surface area contributed by atoms with Crippen LogP contribution in [-0.4, -0.2) is 102 Å². The van der Waals surface area contributed by atoms with Gasteiger partial charge in [-0.05, 0) is 31.2 Å². The number of benzene rings is 2. The van der Waals surface area contributed by atoms with Crippen molar-refractivity contribution in [1.82, 2.24) is 19.6 Å². The average molecular weight is 505 g/mol. The van der Waals surface area contributed by atoms with Crippen molar-refractivity contribution in [2.24, 2.45) is 0 Å². The molecule has 3 aliphatic heterocycles. The minimum Gasteiger partial charge on any atom is -0.353 e. The second-order valence-electron chi connectivity index (χ2n) is 10.4. The first-order valence-corrected chi connectivity index (χ1v) is 13.2. The molecule has 3 saturated heterocycles. The van der Waals surface area contributed by atoms with Crippen molar-refractivity contribution >= 4 is 17.7 Å². The number of rotatable bonds is 4. The number of likely N-dealkylation sites (tertiary alicyclic amines) is 1. The van der Waals surface area contributed by atoms with Crippen LogP contribution in [0.1, 0.15) is 34.3 Å². The summed E-state index contributed by atoms with van der Waals surface area (Å²) in [6, 6.07) is 16.6. The SMILES string of the molecule is Cc1ccccc1C(=O)N1C(C(=O)N2CCN(C)CC2)COC12CCN(C(=O)Cc1ccccc1)CC2. The summed E-state index contributed by atoms with van der Waals surface area (Å²) in [5.74, 6) is -0.150. The zero-order valence-corrected chi connectivity index (χ0v) is 21.8. The standard InChI is InChI=1S/C29H36N4O4/c1-22-8-6-7-11-24(22)27(35)33-25(28(36)32-18-16-30(2)17-19-32)21-37-29(33)12-14-31(15-13-29)26(34)20-23-9-4-3-5-10-23/h3-11,25H,12-21H2,1-2H3. The molecule has 8 heteroatoms. The maximum atomic E-state index is 14.0. The second kappa shape index (κ2) is 10.6. The van der Waals surface area contributed by atoms with Gasteiger partial charge in [-0.25, -0.2) is 0 Å². The van der Waals surface area contributed by atoms with Gasteiger partial charge in [-0.15, -0.1) is 0 Å². The number of amides is 3. The van der Waals surface area contributed by atoms with Gasteiger partial charge >= 0.3 is 0 Å². The Morgan fingerprint density at radius 1 is 0.865 bits per heavy atom. The molecule has 1 atom stereocenters. The molecule has 1 spiro atoms. The first kappa shape index (κ1) is 25.4. The summed E-state index contributed by atoms with van der Waals surface area (Å²) in [6.07, 6.45) is 1.32. The van der Waals surface area contributed by atoms with E-state index in [4.69, 9.17) is 4.74 Å². The highest BCUT2D eigenvalue weighted by molar-refractivity contribution is 5.99. The average Bonchev–Trinajstić information content (AvgIpc) is 3.28. The topological polar surface area (TPSA) is 73.4 Å². The number of ether oxygens (including phenoxy) is 1. The largest absolute Gasteiger partial charge is 0.353 e. The molecule has 0 bridgehead atoms. The van der Waals surface area contributed by atoms with Gasteiger partial charge in [-0.1, -0.05) is 48.5 Å². The van der Waals surface area contributed by atoms with Crippen molar-refractivity contribution in [1.29, 1.82) is 0 Å². The van der Waals surface area contributed by atoms with Crippen LogP contribution in [-0.2, 0) is 20.7 Å². The van der Waals surface area contributed by atoms with Gasteiger partial charge in [-0.3, -0.25) is 19.3 Å². The van der Waals surface area contributed by atoms with Crippen molar-refractivity contribution < 1.29 is 19.1 Å². The summed E-state index contributed by atoms with van der Waals surface area (Å²) < 4.78 is 6.38. The summed E-state index contributed by atoms with van der Waals surface area (Å²) >= 11 is 0. The molecule has 3 fully saturated rings. The normalized spacial score (nSPS) is 21.9. The summed E-state index contributed by atoms with van der Waals surface area (Å²) in [5, 5.41) is 0. The highest BCUT2D eigenvalue weighted by Crippen LogP contribution is 2.39. The number of piperazine rings is 1. The molecule has 5 rings (SSSR count). The van der Waals surface area contributed by atoms with E-state index in [-0.39, 0.29) is 24.3 Å². The van der Waals surface area contributed by atoms with Crippen LogP contribution in [0.4, 0.5) is 0 Å². The number of likely N-dealkylation sites (N-methyl/N-ethyl adjacent to an activating group) is 1. The lowest BCUT2D eigenvalue weighted by atomic mass is 9.95. The summed E-state index contributed by atoms with van der Waals surface area (Å²) in [7, 11) is 2.05. The number of hydrogen-bond donors (Lipinski definition) is 0. The predicted molar refractivity (Wildman–Crippen MR) is 140 cm³/mol. The molecule has 1 unspecified atom stereocenters. The van der Waals surface area contributed by atoms with E-state index in [1.807, 2.05) is 71.3 Å². The van der Waals surface area contributed by atoms with Gasteiger partial charge in [0.05, 0.1) is 13.0 Å². The number of carbonyl (C=O) groups is 3. The Labute approximate surface area is 218 Å². The highest BCUT2D eigenvalue weighted by Gasteiger charge is 2.55. The number of aryl methyl sites for hydroxylation is 1. The molecule has 3 heterocycles. The van der Waals surface area contributed by atoms with Crippen LogP contribution in [0.15, 0.2) is 54.6 Å². The molecule has 3 amide bonds. The zero-order valence-electron chi connectivity index (χ0n) is 21.8. The molecule has 0 aliphatic carbocycles. The minimum absolute atomic E-state index is 0.0468. The summed E-state index contributed by atoms with van der Waals surface area (Å²) in [5.41, 5.74) is 1.55. The molecule has 3 aliphatic rings. The fourth-order valence-electron chi connectivity index (χ4n) is 5.72. The van der Waals surface area contributed by atoms with Crippen LogP contribution in [0.2, 0.25) is 0 Å². The third-order valence-corrected chi connectivity index (χ3v) is 8.05. The van der Waals surface area contributed by atoms with Crippen LogP contribution in [0, 0.1) is 6.92 Å². The van der Waals surface area contributed by atoms with Gasteiger partial charge in [0.2, 0.25) is 11.8 Å². The molecule has 0 saturated carbocycles. The van der Waals surface area contributed by atoms with E-state index in [0.717, 1.165) is 24.2 Å². The monoisotopic (exact) mass is 504 g/mol. The highest BCUT2D eigenvalue weighted by atomic mass is 16.5. The Morgan fingerprint density at radius 2 is 1.51 bits per heavy atom. The Balaban J connectivity index is 1.36. The predicted octanol–water partition coefficient (Wildman–Crippen LogP) is 2.17. The maximum Gasteiger partial charge on any atom is 0.257 e. The molecule has 0 N–H and O–H groups in total. The Hall–Kier alpha value is -3.23. The van der Waals surface area contributed by atoms with Crippen LogP contribution in [0.3, 0.4) is 0 Å². The minimum atomic E-state index is -0.893.